The van der Waals surface area contributed by atoms with Crippen molar-refractivity contribution in [2.45, 2.75) is 17.5 Å². The lowest BCUT2D eigenvalue weighted by Crippen LogP contribution is -2.61. The van der Waals surface area contributed by atoms with E-state index in [9.17, 15) is 18.0 Å². The predicted octanol–water partition coefficient (Wildman–Crippen LogP) is 4.14. The first kappa shape index (κ1) is 28.8. The van der Waals surface area contributed by atoms with Crippen LogP contribution in [0.25, 0.3) is 10.9 Å². The Labute approximate surface area is 247 Å². The van der Waals surface area contributed by atoms with Gasteiger partial charge in [-0.15, -0.1) is 0 Å². The summed E-state index contributed by atoms with van der Waals surface area (Å²) in [7, 11) is -4.19. The van der Waals surface area contributed by atoms with Crippen molar-refractivity contribution in [2.24, 2.45) is 0 Å². The van der Waals surface area contributed by atoms with Crippen LogP contribution in [-0.2, 0) is 26.2 Å². The van der Waals surface area contributed by atoms with Gasteiger partial charge >= 0.3 is 0 Å². The monoisotopic (exact) mass is 612 g/mol. The van der Waals surface area contributed by atoms with E-state index in [1.807, 2.05) is 6.07 Å². The zero-order chi connectivity index (χ0) is 29.0. The topological polar surface area (TPSA) is 109 Å². The number of halogens is 2. The van der Waals surface area contributed by atoms with Crippen LogP contribution in [0.2, 0.25) is 10.0 Å². The molecule has 1 saturated heterocycles. The maximum absolute atomic E-state index is 14.0. The first-order chi connectivity index (χ1) is 19.7. The Morgan fingerprint density at radius 3 is 2.54 bits per heavy atom. The summed E-state index contributed by atoms with van der Waals surface area (Å²) < 4.78 is 34.8. The molecular formula is C29H26Cl2N4O5S. The summed E-state index contributed by atoms with van der Waals surface area (Å²) >= 11 is 12.3. The molecule has 1 aliphatic heterocycles. The highest BCUT2D eigenvalue weighted by atomic mass is 35.5. The van der Waals surface area contributed by atoms with E-state index < -0.39 is 22.0 Å². The number of hydrogen-bond donors (Lipinski definition) is 1. The molecule has 1 fully saturated rings. The molecule has 0 bridgehead atoms. The molecule has 0 aliphatic carbocycles. The van der Waals surface area contributed by atoms with Crippen LogP contribution in [0.1, 0.15) is 5.56 Å². The van der Waals surface area contributed by atoms with E-state index in [2.05, 4.69) is 10.3 Å². The number of rotatable bonds is 8. The van der Waals surface area contributed by atoms with E-state index in [0.29, 0.717) is 32.3 Å². The molecule has 2 amide bonds. The molecule has 212 valence electrons. The molecule has 5 rings (SSSR count). The molecule has 0 radical (unpaired) electrons. The fourth-order valence-corrected chi connectivity index (χ4v) is 6.84. The van der Waals surface area contributed by atoms with Crippen LogP contribution < -0.4 is 10.1 Å². The highest BCUT2D eigenvalue weighted by Gasteiger charge is 2.42. The predicted molar refractivity (Wildman–Crippen MR) is 156 cm³/mol. The van der Waals surface area contributed by atoms with Crippen molar-refractivity contribution in [1.29, 1.82) is 0 Å². The van der Waals surface area contributed by atoms with Crippen molar-refractivity contribution in [1.82, 2.24) is 19.5 Å². The molecule has 1 unspecified atom stereocenters. The van der Waals surface area contributed by atoms with Crippen molar-refractivity contribution < 1.29 is 22.7 Å². The van der Waals surface area contributed by atoms with Gasteiger partial charge in [-0.2, -0.15) is 4.31 Å². The van der Waals surface area contributed by atoms with E-state index in [0.717, 1.165) is 4.31 Å². The fraction of sp³-hybridized carbons (Fsp3) is 0.207. The third kappa shape index (κ3) is 6.46. The fourth-order valence-electron chi connectivity index (χ4n) is 4.62. The number of para-hydroxylation sites is 2. The van der Waals surface area contributed by atoms with Crippen molar-refractivity contribution >= 4 is 55.9 Å². The minimum atomic E-state index is -4.19. The van der Waals surface area contributed by atoms with E-state index in [4.69, 9.17) is 27.9 Å². The van der Waals surface area contributed by atoms with E-state index in [-0.39, 0.29) is 43.6 Å². The smallest absolute Gasteiger partial charge is 0.260 e. The number of piperazine rings is 1. The first-order valence-electron chi connectivity index (χ1n) is 12.8. The number of aromatic nitrogens is 1. The molecule has 9 nitrogen and oxygen atoms in total. The average molecular weight is 614 g/mol. The Morgan fingerprint density at radius 1 is 0.976 bits per heavy atom. The summed E-state index contributed by atoms with van der Waals surface area (Å²) in [6.07, 6.45) is 1.52. The average Bonchev–Trinajstić information content (AvgIpc) is 2.99. The van der Waals surface area contributed by atoms with Gasteiger partial charge in [0, 0.05) is 47.8 Å². The normalized spacial score (nSPS) is 16.0. The lowest BCUT2D eigenvalue weighted by atomic mass is 10.1. The van der Waals surface area contributed by atoms with Crippen LogP contribution in [0.4, 0.5) is 0 Å². The first-order valence-corrected chi connectivity index (χ1v) is 15.0. The van der Waals surface area contributed by atoms with Gasteiger partial charge in [0.25, 0.3) is 5.91 Å². The number of nitrogens with one attached hydrogen (secondary N) is 1. The second kappa shape index (κ2) is 12.4. The number of amides is 2. The Kier molecular flexibility index (Phi) is 8.74. The lowest BCUT2D eigenvalue weighted by Gasteiger charge is -2.39. The third-order valence-electron chi connectivity index (χ3n) is 6.74. The molecule has 4 aromatic rings. The van der Waals surface area contributed by atoms with Gasteiger partial charge in [-0.3, -0.25) is 14.6 Å². The summed E-state index contributed by atoms with van der Waals surface area (Å²) in [6.45, 7) is -0.378. The lowest BCUT2D eigenvalue weighted by molar-refractivity contribution is -0.138. The third-order valence-corrected chi connectivity index (χ3v) is 9.27. The minimum absolute atomic E-state index is 0.0127. The van der Waals surface area contributed by atoms with Crippen molar-refractivity contribution in [3.8, 4) is 5.75 Å². The number of fused-ring (bicyclic) bond motifs is 1. The largest absolute Gasteiger partial charge is 0.484 e. The molecule has 0 spiro atoms. The van der Waals surface area contributed by atoms with Crippen molar-refractivity contribution in [3.05, 3.63) is 101 Å². The molecule has 12 heteroatoms. The number of benzene rings is 3. The van der Waals surface area contributed by atoms with Gasteiger partial charge in [0.2, 0.25) is 15.9 Å². The van der Waals surface area contributed by atoms with Crippen LogP contribution in [0.5, 0.6) is 5.75 Å². The maximum Gasteiger partial charge on any atom is 0.260 e. The molecule has 2 heterocycles. The summed E-state index contributed by atoms with van der Waals surface area (Å²) in [5.74, 6) is -0.412. The van der Waals surface area contributed by atoms with Gasteiger partial charge < -0.3 is 15.0 Å². The second-order valence-electron chi connectivity index (χ2n) is 9.36. The van der Waals surface area contributed by atoms with E-state index in [1.165, 1.54) is 17.2 Å². The van der Waals surface area contributed by atoms with Crippen LogP contribution in [0.3, 0.4) is 0 Å². The van der Waals surface area contributed by atoms with Gasteiger partial charge in [-0.1, -0.05) is 65.7 Å². The second-order valence-corrected chi connectivity index (χ2v) is 12.1. The van der Waals surface area contributed by atoms with Crippen molar-refractivity contribution in [2.75, 3.05) is 26.2 Å². The van der Waals surface area contributed by atoms with Gasteiger partial charge in [-0.25, -0.2) is 8.42 Å². The van der Waals surface area contributed by atoms with Gasteiger partial charge in [-0.05, 0) is 42.0 Å². The van der Waals surface area contributed by atoms with Crippen LogP contribution in [0.15, 0.2) is 90.0 Å². The van der Waals surface area contributed by atoms with Gasteiger partial charge in [0.1, 0.15) is 16.7 Å². The Balaban J connectivity index is 1.40. The number of ether oxygens (including phenoxy) is 1. The summed E-state index contributed by atoms with van der Waals surface area (Å²) in [4.78, 5) is 32.4. The van der Waals surface area contributed by atoms with Crippen molar-refractivity contribution in [3.63, 3.8) is 0 Å². The Morgan fingerprint density at radius 2 is 1.76 bits per heavy atom. The van der Waals surface area contributed by atoms with Gasteiger partial charge in [0.15, 0.2) is 6.61 Å². The summed E-state index contributed by atoms with van der Waals surface area (Å²) in [5, 5.41) is 4.24. The van der Waals surface area contributed by atoms with Crippen LogP contribution in [0, 0.1) is 0 Å². The molecule has 3 aromatic carbocycles. The number of nitrogens with zero attached hydrogens (tertiary/aromatic N) is 3. The number of carbonyl (C=O) groups excluding carboxylic acids is 2. The standard InChI is InChI=1S/C29H26Cl2N4O5S/c30-22-12-11-21(24(31)16-22)17-33-29(37)25-18-34(27(36)19-40-23-8-2-1-3-9-23)14-15-35(25)41(38,39)26-10-4-6-20-7-5-13-32-28(20)26/h1-13,16,25H,14-15,17-19H2,(H,33,37). The highest BCUT2D eigenvalue weighted by molar-refractivity contribution is 7.89. The molecule has 1 N–H and O–H groups in total. The van der Waals surface area contributed by atoms with E-state index in [1.54, 1.807) is 66.7 Å². The van der Waals surface area contributed by atoms with Gasteiger partial charge in [0.05, 0.1) is 5.52 Å². The number of sulfonamides is 1. The number of carbonyl (C=O) groups is 2. The molecule has 0 saturated carbocycles. The molecule has 41 heavy (non-hydrogen) atoms. The summed E-state index contributed by atoms with van der Waals surface area (Å²) in [5.41, 5.74) is 0.911. The highest BCUT2D eigenvalue weighted by Crippen LogP contribution is 2.28. The maximum atomic E-state index is 14.0. The molecule has 1 aliphatic rings. The molecule has 1 aromatic heterocycles. The Bertz CT molecular complexity index is 1680. The quantitative estimate of drug-likeness (QED) is 0.320. The summed E-state index contributed by atoms with van der Waals surface area (Å²) in [6, 6.07) is 20.9. The van der Waals surface area contributed by atoms with Crippen LogP contribution >= 0.6 is 23.2 Å². The number of hydrogen-bond acceptors (Lipinski definition) is 6. The molecule has 1 atom stereocenters. The number of pyridine rings is 1. The minimum Gasteiger partial charge on any atom is -0.484 e. The van der Waals surface area contributed by atoms with E-state index >= 15 is 0 Å². The van der Waals surface area contributed by atoms with Crippen LogP contribution in [-0.4, -0.2) is 66.7 Å². The zero-order valence-electron chi connectivity index (χ0n) is 21.7. The molecular weight excluding hydrogens is 587 g/mol. The zero-order valence-corrected chi connectivity index (χ0v) is 24.1. The Hall–Kier alpha value is -3.70. The SMILES string of the molecule is O=C(NCc1ccc(Cl)cc1Cl)C1CN(C(=O)COc2ccccc2)CCN1S(=O)(=O)c1cccc2cccnc12.